The van der Waals surface area contributed by atoms with Crippen LogP contribution in [0.1, 0.15) is 29.6 Å². The Kier molecular flexibility index (Phi) is 4.24. The molecule has 2 heterocycles. The Morgan fingerprint density at radius 1 is 1.20 bits per heavy atom. The van der Waals surface area contributed by atoms with Gasteiger partial charge in [-0.1, -0.05) is 24.3 Å². The van der Waals surface area contributed by atoms with Crippen LogP contribution >= 0.6 is 0 Å². The summed E-state index contributed by atoms with van der Waals surface area (Å²) in [6.07, 6.45) is 3.18. The van der Waals surface area contributed by atoms with Gasteiger partial charge < -0.3 is 15.6 Å². The Hall–Kier alpha value is -2.66. The van der Waals surface area contributed by atoms with E-state index in [-0.39, 0.29) is 11.9 Å². The third-order valence-electron chi connectivity index (χ3n) is 4.93. The van der Waals surface area contributed by atoms with Crippen LogP contribution in [-0.2, 0) is 0 Å². The number of amides is 1. The highest BCUT2D eigenvalue weighted by molar-refractivity contribution is 5.95. The summed E-state index contributed by atoms with van der Waals surface area (Å²) in [5.74, 6) is 0.845. The number of hydrogen-bond donors (Lipinski definition) is 2. The molecule has 0 radical (unpaired) electrons. The molecule has 5 nitrogen and oxygen atoms in total. The summed E-state index contributed by atoms with van der Waals surface area (Å²) in [5, 5.41) is 0. The molecule has 3 N–H and O–H groups in total. The minimum Gasteiger partial charge on any atom is -0.338 e. The molecule has 1 aliphatic rings. The topological polar surface area (TPSA) is 75.0 Å². The van der Waals surface area contributed by atoms with Crippen LogP contribution in [0.15, 0.2) is 48.5 Å². The lowest BCUT2D eigenvalue weighted by atomic mass is 10.0. The summed E-state index contributed by atoms with van der Waals surface area (Å²) in [5.41, 5.74) is 9.40. The Labute approximate surface area is 146 Å². The average Bonchev–Trinajstić information content (AvgIpc) is 3.12. The number of carbonyl (C=O) groups excluding carboxylic acids is 1. The van der Waals surface area contributed by atoms with Gasteiger partial charge in [-0.25, -0.2) is 4.98 Å². The molecule has 1 amide bonds. The first-order chi connectivity index (χ1) is 12.3. The van der Waals surface area contributed by atoms with Gasteiger partial charge in [0.15, 0.2) is 0 Å². The minimum atomic E-state index is 0.0631. The van der Waals surface area contributed by atoms with Gasteiger partial charge in [0.25, 0.3) is 5.91 Å². The van der Waals surface area contributed by atoms with E-state index in [0.717, 1.165) is 48.2 Å². The number of benzene rings is 2. The predicted octanol–water partition coefficient (Wildman–Crippen LogP) is 3.18. The van der Waals surface area contributed by atoms with Gasteiger partial charge >= 0.3 is 0 Å². The number of imidazole rings is 1. The van der Waals surface area contributed by atoms with Crippen molar-refractivity contribution in [1.82, 2.24) is 14.9 Å². The van der Waals surface area contributed by atoms with Crippen molar-refractivity contribution >= 4 is 16.9 Å². The van der Waals surface area contributed by atoms with Crippen LogP contribution in [0.5, 0.6) is 0 Å². The lowest BCUT2D eigenvalue weighted by Crippen LogP contribution is -2.47. The maximum Gasteiger partial charge on any atom is 0.254 e. The van der Waals surface area contributed by atoms with Gasteiger partial charge in [-0.3, -0.25) is 4.79 Å². The van der Waals surface area contributed by atoms with E-state index in [1.807, 2.05) is 53.4 Å². The Bertz CT molecular complexity index is 868. The molecule has 1 atom stereocenters. The number of para-hydroxylation sites is 2. The lowest BCUT2D eigenvalue weighted by molar-refractivity contribution is 0.0623. The molecular weight excluding hydrogens is 312 g/mol. The van der Waals surface area contributed by atoms with Crippen LogP contribution < -0.4 is 5.73 Å². The summed E-state index contributed by atoms with van der Waals surface area (Å²) in [4.78, 5) is 22.8. The maximum atomic E-state index is 13.0. The van der Waals surface area contributed by atoms with Crippen molar-refractivity contribution in [2.75, 3.05) is 13.1 Å². The summed E-state index contributed by atoms with van der Waals surface area (Å²) in [6, 6.07) is 15.8. The summed E-state index contributed by atoms with van der Waals surface area (Å²) < 4.78 is 0. The molecule has 5 heteroatoms. The first kappa shape index (κ1) is 15.8. The van der Waals surface area contributed by atoms with Gasteiger partial charge in [-0.15, -0.1) is 0 Å². The van der Waals surface area contributed by atoms with Gasteiger partial charge in [-0.05, 0) is 43.5 Å². The van der Waals surface area contributed by atoms with E-state index < -0.39 is 0 Å². The van der Waals surface area contributed by atoms with Crippen molar-refractivity contribution in [1.29, 1.82) is 0 Å². The highest BCUT2D eigenvalue weighted by Gasteiger charge is 2.26. The summed E-state index contributed by atoms with van der Waals surface area (Å²) in [6.45, 7) is 1.31. The van der Waals surface area contributed by atoms with E-state index in [4.69, 9.17) is 5.73 Å². The van der Waals surface area contributed by atoms with E-state index in [2.05, 4.69) is 9.97 Å². The second-order valence-corrected chi connectivity index (χ2v) is 6.57. The first-order valence-electron chi connectivity index (χ1n) is 8.82. The van der Waals surface area contributed by atoms with Crippen molar-refractivity contribution in [3.8, 4) is 11.4 Å². The highest BCUT2D eigenvalue weighted by Crippen LogP contribution is 2.24. The third kappa shape index (κ3) is 3.03. The van der Waals surface area contributed by atoms with E-state index in [1.54, 1.807) is 0 Å². The minimum absolute atomic E-state index is 0.0631. The van der Waals surface area contributed by atoms with Crippen molar-refractivity contribution in [2.45, 2.75) is 25.3 Å². The number of aromatic nitrogens is 2. The molecule has 1 saturated heterocycles. The van der Waals surface area contributed by atoms with E-state index in [9.17, 15) is 4.79 Å². The first-order valence-corrected chi connectivity index (χ1v) is 8.82. The molecule has 128 valence electrons. The van der Waals surface area contributed by atoms with Crippen molar-refractivity contribution < 1.29 is 4.79 Å². The fourth-order valence-electron chi connectivity index (χ4n) is 3.57. The number of rotatable bonds is 3. The summed E-state index contributed by atoms with van der Waals surface area (Å²) >= 11 is 0. The molecule has 25 heavy (non-hydrogen) atoms. The van der Waals surface area contributed by atoms with Crippen LogP contribution in [-0.4, -0.2) is 39.9 Å². The zero-order valence-corrected chi connectivity index (χ0v) is 14.1. The smallest absolute Gasteiger partial charge is 0.254 e. The van der Waals surface area contributed by atoms with Gasteiger partial charge in [0.05, 0.1) is 11.0 Å². The van der Waals surface area contributed by atoms with Crippen LogP contribution in [0.4, 0.5) is 0 Å². The number of nitrogens with one attached hydrogen (secondary N) is 1. The normalized spacial score (nSPS) is 17.8. The van der Waals surface area contributed by atoms with E-state index >= 15 is 0 Å². The van der Waals surface area contributed by atoms with Crippen LogP contribution in [0, 0.1) is 0 Å². The number of nitrogens with zero attached hydrogens (tertiary/aromatic N) is 2. The molecular formula is C20H22N4O. The number of likely N-dealkylation sites (tertiary alicyclic amines) is 1. The maximum absolute atomic E-state index is 13.0. The number of hydrogen-bond acceptors (Lipinski definition) is 3. The van der Waals surface area contributed by atoms with Gasteiger partial charge in [0.2, 0.25) is 0 Å². The summed E-state index contributed by atoms with van der Waals surface area (Å²) in [7, 11) is 0. The van der Waals surface area contributed by atoms with Crippen LogP contribution in [0.25, 0.3) is 22.4 Å². The van der Waals surface area contributed by atoms with Crippen molar-refractivity contribution in [3.63, 3.8) is 0 Å². The highest BCUT2D eigenvalue weighted by atomic mass is 16.2. The monoisotopic (exact) mass is 334 g/mol. The van der Waals surface area contributed by atoms with Gasteiger partial charge in [0.1, 0.15) is 5.82 Å². The van der Waals surface area contributed by atoms with Gasteiger partial charge in [0, 0.05) is 30.3 Å². The fourth-order valence-corrected chi connectivity index (χ4v) is 3.57. The Morgan fingerprint density at radius 3 is 2.92 bits per heavy atom. The SMILES string of the molecule is NC[C@H]1CCCCN1C(=O)c1cccc(-c2nc3ccccc3[nH]2)c1. The van der Waals surface area contributed by atoms with Crippen LogP contribution in [0.2, 0.25) is 0 Å². The quantitative estimate of drug-likeness (QED) is 0.772. The molecule has 4 rings (SSSR count). The number of fused-ring (bicyclic) bond motifs is 1. The number of nitrogens with two attached hydrogens (primary N) is 1. The second-order valence-electron chi connectivity index (χ2n) is 6.57. The van der Waals surface area contributed by atoms with Crippen molar-refractivity contribution in [3.05, 3.63) is 54.1 Å². The second kappa shape index (κ2) is 6.69. The largest absolute Gasteiger partial charge is 0.338 e. The number of aromatic amines is 1. The fraction of sp³-hybridized carbons (Fsp3) is 0.300. The Morgan fingerprint density at radius 2 is 2.08 bits per heavy atom. The molecule has 3 aromatic rings. The molecule has 0 spiro atoms. The molecule has 0 unspecified atom stereocenters. The van der Waals surface area contributed by atoms with E-state index in [0.29, 0.717) is 12.1 Å². The zero-order chi connectivity index (χ0) is 17.2. The number of H-pyrrole nitrogens is 1. The van der Waals surface area contributed by atoms with Crippen LogP contribution in [0.3, 0.4) is 0 Å². The molecule has 1 aliphatic heterocycles. The molecule has 1 aromatic heterocycles. The van der Waals surface area contributed by atoms with Crippen molar-refractivity contribution in [2.24, 2.45) is 5.73 Å². The average molecular weight is 334 g/mol. The molecule has 1 fully saturated rings. The number of carbonyl (C=O) groups is 1. The lowest BCUT2D eigenvalue weighted by Gasteiger charge is -2.35. The van der Waals surface area contributed by atoms with Gasteiger partial charge in [-0.2, -0.15) is 0 Å². The third-order valence-corrected chi connectivity index (χ3v) is 4.93. The molecule has 2 aromatic carbocycles. The molecule has 0 aliphatic carbocycles. The molecule has 0 bridgehead atoms. The standard InChI is InChI=1S/C20H22N4O/c21-13-16-8-3-4-11-24(16)20(25)15-7-5-6-14(12-15)19-22-17-9-1-2-10-18(17)23-19/h1-2,5-7,9-10,12,16H,3-4,8,11,13,21H2,(H,22,23)/t16-/m1/s1. The molecule has 0 saturated carbocycles. The zero-order valence-electron chi connectivity index (χ0n) is 14.1. The Balaban J connectivity index is 1.65. The van der Waals surface area contributed by atoms with E-state index in [1.165, 1.54) is 0 Å². The number of piperidine rings is 1. The predicted molar refractivity (Wildman–Crippen MR) is 99.3 cm³/mol.